The Balaban J connectivity index is 2.27. The number of rotatable bonds is 4. The van der Waals surface area contributed by atoms with Gasteiger partial charge in [0.15, 0.2) is 5.78 Å². The Bertz CT molecular complexity index is 550. The van der Waals surface area contributed by atoms with Crippen molar-refractivity contribution in [2.45, 2.75) is 6.92 Å². The molecule has 1 aromatic rings. The summed E-state index contributed by atoms with van der Waals surface area (Å²) in [5.41, 5.74) is 9.56. The Morgan fingerprint density at radius 2 is 1.90 bits per heavy atom. The number of nitrogen functional groups attached to an aromatic ring is 1. The standard InChI is InChI=1S/C13H20N4O3S/c1-8(18)11-10(14)9(13(19)20-3)12(21-11)15-17-6-4-16(2)5-7-17/h15H,4-7,14H2,1-3H3. The highest BCUT2D eigenvalue weighted by Gasteiger charge is 2.26. The number of Topliss-reactive ketones (excluding diaryl/α,β-unsaturated/α-hetero) is 1. The molecule has 0 unspecified atom stereocenters. The molecule has 1 saturated heterocycles. The molecule has 0 radical (unpaired) electrons. The number of thiophene rings is 1. The van der Waals surface area contributed by atoms with Gasteiger partial charge in [0.25, 0.3) is 0 Å². The van der Waals surface area contributed by atoms with E-state index in [4.69, 9.17) is 10.5 Å². The van der Waals surface area contributed by atoms with Crippen molar-refractivity contribution in [3.05, 3.63) is 10.4 Å². The van der Waals surface area contributed by atoms with Crippen LogP contribution in [0.5, 0.6) is 0 Å². The lowest BCUT2D eigenvalue weighted by Gasteiger charge is -2.32. The number of piperazine rings is 1. The predicted molar refractivity (Wildman–Crippen MR) is 82.8 cm³/mol. The van der Waals surface area contributed by atoms with Crippen LogP contribution < -0.4 is 11.2 Å². The highest BCUT2D eigenvalue weighted by molar-refractivity contribution is 7.19. The van der Waals surface area contributed by atoms with Crippen LogP contribution in [0.4, 0.5) is 10.7 Å². The molecule has 0 amide bonds. The van der Waals surface area contributed by atoms with E-state index in [1.165, 1.54) is 25.4 Å². The Morgan fingerprint density at radius 1 is 1.29 bits per heavy atom. The maximum atomic E-state index is 11.9. The zero-order valence-corrected chi connectivity index (χ0v) is 13.2. The lowest BCUT2D eigenvalue weighted by molar-refractivity contribution is 0.0603. The van der Waals surface area contributed by atoms with Gasteiger partial charge in [-0.2, -0.15) is 0 Å². The third-order valence-electron chi connectivity index (χ3n) is 3.42. The smallest absolute Gasteiger partial charge is 0.343 e. The van der Waals surface area contributed by atoms with Crippen LogP contribution in [0.3, 0.4) is 0 Å². The minimum absolute atomic E-state index is 0.158. The van der Waals surface area contributed by atoms with Crippen molar-refractivity contribution in [2.24, 2.45) is 0 Å². The van der Waals surface area contributed by atoms with E-state index < -0.39 is 5.97 Å². The number of likely N-dealkylation sites (N-methyl/N-ethyl adjacent to an activating group) is 1. The Labute approximate surface area is 127 Å². The second-order valence-electron chi connectivity index (χ2n) is 5.00. The second-order valence-corrected chi connectivity index (χ2v) is 6.02. The lowest BCUT2D eigenvalue weighted by atomic mass is 10.2. The Kier molecular flexibility index (Phi) is 4.81. The number of carbonyl (C=O) groups excluding carboxylic acids is 2. The Hall–Kier alpha value is -1.64. The summed E-state index contributed by atoms with van der Waals surface area (Å²) in [4.78, 5) is 26.1. The lowest BCUT2D eigenvalue weighted by Crippen LogP contribution is -2.47. The van der Waals surface area contributed by atoms with Gasteiger partial charge in [0, 0.05) is 33.1 Å². The minimum Gasteiger partial charge on any atom is -0.465 e. The third kappa shape index (κ3) is 3.34. The van der Waals surface area contributed by atoms with Gasteiger partial charge in [-0.1, -0.05) is 0 Å². The molecular weight excluding hydrogens is 292 g/mol. The van der Waals surface area contributed by atoms with E-state index in [9.17, 15) is 9.59 Å². The van der Waals surface area contributed by atoms with Crippen LogP contribution in [0.2, 0.25) is 0 Å². The zero-order valence-electron chi connectivity index (χ0n) is 12.4. The van der Waals surface area contributed by atoms with Crippen LogP contribution in [-0.4, -0.2) is 62.0 Å². The van der Waals surface area contributed by atoms with Crippen molar-refractivity contribution in [3.8, 4) is 0 Å². The number of anilines is 2. The van der Waals surface area contributed by atoms with Gasteiger partial charge >= 0.3 is 5.97 Å². The highest BCUT2D eigenvalue weighted by Crippen LogP contribution is 2.36. The maximum Gasteiger partial charge on any atom is 0.343 e. The number of ether oxygens (including phenoxy) is 1. The van der Waals surface area contributed by atoms with E-state index in [1.807, 2.05) is 5.01 Å². The first-order chi connectivity index (χ1) is 9.93. The monoisotopic (exact) mass is 312 g/mol. The molecule has 1 aliphatic heterocycles. The van der Waals surface area contributed by atoms with Gasteiger partial charge in [-0.05, 0) is 7.05 Å². The number of hydrogen-bond donors (Lipinski definition) is 2. The quantitative estimate of drug-likeness (QED) is 0.630. The van der Waals surface area contributed by atoms with E-state index in [1.54, 1.807) is 0 Å². The number of nitrogens with two attached hydrogens (primary N) is 1. The molecule has 0 aromatic carbocycles. The summed E-state index contributed by atoms with van der Waals surface area (Å²) in [6.45, 7) is 4.94. The summed E-state index contributed by atoms with van der Waals surface area (Å²) in [5, 5.41) is 2.58. The second kappa shape index (κ2) is 6.42. The van der Waals surface area contributed by atoms with E-state index >= 15 is 0 Å². The van der Waals surface area contributed by atoms with Crippen LogP contribution in [-0.2, 0) is 4.74 Å². The number of hydrazine groups is 1. The molecule has 1 aromatic heterocycles. The molecule has 116 valence electrons. The molecule has 8 heteroatoms. The van der Waals surface area contributed by atoms with Crippen molar-refractivity contribution in [2.75, 3.05) is 51.5 Å². The summed E-state index contributed by atoms with van der Waals surface area (Å²) in [5.74, 6) is -0.693. The summed E-state index contributed by atoms with van der Waals surface area (Å²) in [6, 6.07) is 0. The molecule has 2 heterocycles. The molecule has 1 aliphatic rings. The van der Waals surface area contributed by atoms with Gasteiger partial charge in [0.2, 0.25) is 0 Å². The topological polar surface area (TPSA) is 87.9 Å². The van der Waals surface area contributed by atoms with Crippen molar-refractivity contribution in [1.29, 1.82) is 0 Å². The number of ketones is 1. The number of methoxy groups -OCH3 is 1. The first-order valence-corrected chi connectivity index (χ1v) is 7.47. The number of hydrogen-bond acceptors (Lipinski definition) is 8. The van der Waals surface area contributed by atoms with Gasteiger partial charge in [0.05, 0.1) is 17.7 Å². The number of nitrogens with one attached hydrogen (secondary N) is 1. The summed E-state index contributed by atoms with van der Waals surface area (Å²) in [6.07, 6.45) is 0. The molecule has 0 saturated carbocycles. The fourth-order valence-electron chi connectivity index (χ4n) is 2.15. The minimum atomic E-state index is -0.534. The van der Waals surface area contributed by atoms with Crippen molar-refractivity contribution in [3.63, 3.8) is 0 Å². The van der Waals surface area contributed by atoms with E-state index in [0.717, 1.165) is 26.2 Å². The molecule has 0 spiro atoms. The SMILES string of the molecule is COC(=O)c1c(NN2CCN(C)CC2)sc(C(C)=O)c1N. The fourth-order valence-corrected chi connectivity index (χ4v) is 3.18. The van der Waals surface area contributed by atoms with Crippen LogP contribution >= 0.6 is 11.3 Å². The molecule has 0 aliphatic carbocycles. The largest absolute Gasteiger partial charge is 0.465 e. The molecule has 3 N–H and O–H groups in total. The Morgan fingerprint density at radius 3 is 2.43 bits per heavy atom. The average Bonchev–Trinajstić information content (AvgIpc) is 2.77. The summed E-state index contributed by atoms with van der Waals surface area (Å²) >= 11 is 1.19. The molecule has 1 fully saturated rings. The van der Waals surface area contributed by atoms with Crippen LogP contribution in [0.15, 0.2) is 0 Å². The van der Waals surface area contributed by atoms with E-state index in [2.05, 4.69) is 17.4 Å². The number of esters is 1. The van der Waals surface area contributed by atoms with Gasteiger partial charge in [-0.3, -0.25) is 4.79 Å². The molecule has 2 rings (SSSR count). The molecule has 21 heavy (non-hydrogen) atoms. The first-order valence-electron chi connectivity index (χ1n) is 6.65. The van der Waals surface area contributed by atoms with Crippen LogP contribution in [0, 0.1) is 0 Å². The van der Waals surface area contributed by atoms with Gasteiger partial charge in [-0.25, -0.2) is 9.80 Å². The normalized spacial score (nSPS) is 16.7. The van der Waals surface area contributed by atoms with Gasteiger partial charge < -0.3 is 20.8 Å². The van der Waals surface area contributed by atoms with E-state index in [-0.39, 0.29) is 17.0 Å². The molecular formula is C13H20N4O3S. The van der Waals surface area contributed by atoms with Gasteiger partial charge in [-0.15, -0.1) is 11.3 Å². The van der Waals surface area contributed by atoms with Crippen molar-refractivity contribution in [1.82, 2.24) is 9.91 Å². The summed E-state index contributed by atoms with van der Waals surface area (Å²) < 4.78 is 4.77. The first kappa shape index (κ1) is 15.7. The molecule has 0 atom stereocenters. The highest BCUT2D eigenvalue weighted by atomic mass is 32.1. The fraction of sp³-hybridized carbons (Fsp3) is 0.538. The number of carbonyl (C=O) groups is 2. The number of nitrogens with zero attached hydrogens (tertiary/aromatic N) is 2. The zero-order chi connectivity index (χ0) is 15.6. The molecule has 7 nitrogen and oxygen atoms in total. The molecule has 0 bridgehead atoms. The summed E-state index contributed by atoms with van der Waals surface area (Å²) in [7, 11) is 3.36. The average molecular weight is 312 g/mol. The maximum absolute atomic E-state index is 11.9. The van der Waals surface area contributed by atoms with E-state index in [0.29, 0.717) is 9.88 Å². The van der Waals surface area contributed by atoms with Crippen LogP contribution in [0.25, 0.3) is 0 Å². The third-order valence-corrected chi connectivity index (χ3v) is 4.63. The predicted octanol–water partition coefficient (Wildman–Crippen LogP) is 0.894. The van der Waals surface area contributed by atoms with Crippen molar-refractivity contribution >= 4 is 33.8 Å². The van der Waals surface area contributed by atoms with Crippen LogP contribution in [0.1, 0.15) is 27.0 Å². The van der Waals surface area contributed by atoms with Crippen molar-refractivity contribution < 1.29 is 14.3 Å². The van der Waals surface area contributed by atoms with Gasteiger partial charge in [0.1, 0.15) is 10.6 Å².